The number of carbonyl (C=O) groups is 1. The maximum atomic E-state index is 12.2. The van der Waals surface area contributed by atoms with Crippen LogP contribution in [0.3, 0.4) is 0 Å². The van der Waals surface area contributed by atoms with Gasteiger partial charge in [-0.15, -0.1) is 22.7 Å². The number of ketones is 1. The molecule has 0 unspecified atom stereocenters. The van der Waals surface area contributed by atoms with Crippen LogP contribution in [-0.2, 0) is 11.8 Å². The van der Waals surface area contributed by atoms with Crippen molar-refractivity contribution in [2.75, 3.05) is 0 Å². The SMILES string of the molecule is Cn1c(=O)/c(=C\c2cccs2)s/c1=C\C(=O)C(C)(C)C. The Morgan fingerprint density at radius 2 is 2.05 bits per heavy atom. The van der Waals surface area contributed by atoms with Crippen LogP contribution in [0.5, 0.6) is 0 Å². The van der Waals surface area contributed by atoms with Gasteiger partial charge in [-0.1, -0.05) is 26.8 Å². The van der Waals surface area contributed by atoms with Crippen molar-refractivity contribution in [3.05, 3.63) is 41.9 Å². The Morgan fingerprint density at radius 1 is 1.35 bits per heavy atom. The van der Waals surface area contributed by atoms with Gasteiger partial charge < -0.3 is 4.57 Å². The molecule has 2 aromatic rings. The minimum absolute atomic E-state index is 0.0250. The highest BCUT2D eigenvalue weighted by molar-refractivity contribution is 7.11. The molecular formula is C15H17NO2S2. The second-order valence-electron chi connectivity index (χ2n) is 5.59. The van der Waals surface area contributed by atoms with Gasteiger partial charge in [0.25, 0.3) is 5.56 Å². The first-order valence-electron chi connectivity index (χ1n) is 6.26. The van der Waals surface area contributed by atoms with Crippen molar-refractivity contribution in [1.29, 1.82) is 0 Å². The molecule has 0 amide bonds. The molecule has 0 spiro atoms. The normalized spacial score (nSPS) is 14.0. The standard InChI is InChI=1S/C15H17NO2S2/c1-15(2,3)12(17)9-13-16(4)14(18)11(20-13)8-10-6-5-7-19-10/h5-9H,1-4H3/b11-8+,13-9-. The van der Waals surface area contributed by atoms with Gasteiger partial charge in [0.1, 0.15) is 4.66 Å². The fraction of sp³-hybridized carbons (Fsp3) is 0.333. The Hall–Kier alpha value is -1.46. The quantitative estimate of drug-likeness (QED) is 0.847. The number of aromatic nitrogens is 1. The van der Waals surface area contributed by atoms with Gasteiger partial charge in [-0.3, -0.25) is 9.59 Å². The van der Waals surface area contributed by atoms with Crippen molar-refractivity contribution < 1.29 is 4.79 Å². The van der Waals surface area contributed by atoms with E-state index in [1.165, 1.54) is 15.9 Å². The average Bonchev–Trinajstić information content (AvgIpc) is 2.94. The van der Waals surface area contributed by atoms with Gasteiger partial charge in [-0.2, -0.15) is 0 Å². The Bertz CT molecular complexity index is 787. The predicted molar refractivity (Wildman–Crippen MR) is 85.6 cm³/mol. The molecule has 0 aliphatic heterocycles. The lowest BCUT2D eigenvalue weighted by atomic mass is 9.91. The number of nitrogens with zero attached hydrogens (tertiary/aromatic N) is 1. The molecule has 0 atom stereocenters. The van der Waals surface area contributed by atoms with E-state index in [4.69, 9.17) is 0 Å². The van der Waals surface area contributed by atoms with E-state index in [0.717, 1.165) is 4.88 Å². The van der Waals surface area contributed by atoms with E-state index in [1.807, 2.05) is 44.4 Å². The minimum atomic E-state index is -0.433. The van der Waals surface area contributed by atoms with Crippen LogP contribution in [0.4, 0.5) is 0 Å². The summed E-state index contributed by atoms with van der Waals surface area (Å²) < 4.78 is 2.88. The molecule has 0 fully saturated rings. The third-order valence-corrected chi connectivity index (χ3v) is 4.80. The van der Waals surface area contributed by atoms with Crippen LogP contribution in [0.2, 0.25) is 0 Å². The monoisotopic (exact) mass is 307 g/mol. The molecule has 0 saturated heterocycles. The van der Waals surface area contributed by atoms with E-state index in [1.54, 1.807) is 24.5 Å². The van der Waals surface area contributed by atoms with Crippen molar-refractivity contribution >= 4 is 40.6 Å². The van der Waals surface area contributed by atoms with Gasteiger partial charge in [0, 0.05) is 23.4 Å². The van der Waals surface area contributed by atoms with Gasteiger partial charge in [0.2, 0.25) is 0 Å². The second-order valence-corrected chi connectivity index (χ2v) is 7.63. The molecule has 0 saturated carbocycles. The zero-order valence-electron chi connectivity index (χ0n) is 12.0. The van der Waals surface area contributed by atoms with Gasteiger partial charge in [0.15, 0.2) is 5.78 Å². The first-order valence-corrected chi connectivity index (χ1v) is 7.96. The van der Waals surface area contributed by atoms with E-state index in [9.17, 15) is 9.59 Å². The largest absolute Gasteiger partial charge is 0.302 e. The van der Waals surface area contributed by atoms with Gasteiger partial charge in [-0.25, -0.2) is 0 Å². The Balaban J connectivity index is 2.57. The van der Waals surface area contributed by atoms with E-state index < -0.39 is 5.41 Å². The lowest BCUT2D eigenvalue weighted by Gasteiger charge is -2.12. The maximum Gasteiger partial charge on any atom is 0.268 e. The third kappa shape index (κ3) is 3.16. The Labute approximate surface area is 125 Å². The molecule has 3 nitrogen and oxygen atoms in total. The number of hydrogen-bond donors (Lipinski definition) is 0. The molecule has 2 heterocycles. The summed E-state index contributed by atoms with van der Waals surface area (Å²) in [5.74, 6) is 0.0250. The number of hydrogen-bond acceptors (Lipinski definition) is 4. The number of rotatable bonds is 2. The highest BCUT2D eigenvalue weighted by atomic mass is 32.1. The summed E-state index contributed by atoms with van der Waals surface area (Å²) >= 11 is 2.94. The van der Waals surface area contributed by atoms with Gasteiger partial charge >= 0.3 is 0 Å². The van der Waals surface area contributed by atoms with Crippen LogP contribution in [-0.4, -0.2) is 10.4 Å². The first-order chi connectivity index (χ1) is 9.29. The topological polar surface area (TPSA) is 39.1 Å². The van der Waals surface area contributed by atoms with Crippen molar-refractivity contribution in [2.24, 2.45) is 12.5 Å². The highest BCUT2D eigenvalue weighted by Gasteiger charge is 2.19. The zero-order valence-corrected chi connectivity index (χ0v) is 13.6. The smallest absolute Gasteiger partial charge is 0.268 e. The molecule has 5 heteroatoms. The summed E-state index contributed by atoms with van der Waals surface area (Å²) in [5, 5.41) is 1.97. The molecule has 0 aliphatic rings. The Morgan fingerprint density at radius 3 is 2.60 bits per heavy atom. The van der Waals surface area contributed by atoms with E-state index in [-0.39, 0.29) is 11.3 Å². The van der Waals surface area contributed by atoms with Crippen LogP contribution in [0.25, 0.3) is 12.2 Å². The molecule has 0 bridgehead atoms. The second kappa shape index (κ2) is 5.50. The summed E-state index contributed by atoms with van der Waals surface area (Å²) in [4.78, 5) is 25.3. The summed E-state index contributed by atoms with van der Waals surface area (Å²) in [5.41, 5.74) is -0.492. The average molecular weight is 307 g/mol. The van der Waals surface area contributed by atoms with Crippen LogP contribution < -0.4 is 14.8 Å². The van der Waals surface area contributed by atoms with E-state index in [0.29, 0.717) is 9.20 Å². The van der Waals surface area contributed by atoms with E-state index in [2.05, 4.69) is 0 Å². The maximum absolute atomic E-state index is 12.2. The Kier molecular flexibility index (Phi) is 4.11. The third-order valence-electron chi connectivity index (χ3n) is 2.87. The zero-order chi connectivity index (χ0) is 14.9. The summed E-state index contributed by atoms with van der Waals surface area (Å²) in [7, 11) is 1.70. The fourth-order valence-electron chi connectivity index (χ4n) is 1.54. The van der Waals surface area contributed by atoms with Crippen molar-refractivity contribution in [3.8, 4) is 0 Å². The van der Waals surface area contributed by atoms with Crippen molar-refractivity contribution in [1.82, 2.24) is 4.57 Å². The lowest BCUT2D eigenvalue weighted by Crippen LogP contribution is -2.29. The highest BCUT2D eigenvalue weighted by Crippen LogP contribution is 2.14. The molecule has 2 rings (SSSR count). The van der Waals surface area contributed by atoms with Gasteiger partial charge in [0.05, 0.1) is 4.53 Å². The molecule has 2 aromatic heterocycles. The molecule has 0 aliphatic carbocycles. The van der Waals surface area contributed by atoms with Crippen LogP contribution in [0, 0.1) is 5.41 Å². The van der Waals surface area contributed by atoms with Crippen LogP contribution in [0.15, 0.2) is 22.3 Å². The first kappa shape index (κ1) is 14.9. The van der Waals surface area contributed by atoms with Crippen LogP contribution in [0.1, 0.15) is 25.6 Å². The van der Waals surface area contributed by atoms with Crippen LogP contribution >= 0.6 is 22.7 Å². The number of carbonyl (C=O) groups excluding carboxylic acids is 1. The molecule has 0 N–H and O–H groups in total. The minimum Gasteiger partial charge on any atom is -0.302 e. The molecule has 20 heavy (non-hydrogen) atoms. The molecule has 106 valence electrons. The summed E-state index contributed by atoms with van der Waals surface area (Å²) in [6, 6.07) is 3.91. The lowest BCUT2D eigenvalue weighted by molar-refractivity contribution is -0.120. The summed E-state index contributed by atoms with van der Waals surface area (Å²) in [6.07, 6.45) is 3.44. The van der Waals surface area contributed by atoms with E-state index >= 15 is 0 Å². The predicted octanol–water partition coefficient (Wildman–Crippen LogP) is 1.73. The fourth-order valence-corrected chi connectivity index (χ4v) is 3.29. The van der Waals surface area contributed by atoms with Gasteiger partial charge in [-0.05, 0) is 17.5 Å². The molecular weight excluding hydrogens is 290 g/mol. The van der Waals surface area contributed by atoms with Crippen molar-refractivity contribution in [2.45, 2.75) is 20.8 Å². The summed E-state index contributed by atoms with van der Waals surface area (Å²) in [6.45, 7) is 5.61. The number of Topliss-reactive ketones (excluding diaryl/α,β-unsaturated/α-hetero) is 1. The number of thiazole rings is 1. The molecule has 0 radical (unpaired) electrons. The molecule has 0 aromatic carbocycles. The number of thiophene rings is 1. The van der Waals surface area contributed by atoms with Crippen molar-refractivity contribution in [3.63, 3.8) is 0 Å².